The van der Waals surface area contributed by atoms with Crippen LogP contribution in [-0.2, 0) is 6.54 Å². The molecular formula is C19H18ClN3O3S. The van der Waals surface area contributed by atoms with Crippen molar-refractivity contribution in [3.63, 3.8) is 0 Å². The molecule has 3 aromatic rings. The monoisotopic (exact) mass is 403 g/mol. The highest BCUT2D eigenvalue weighted by molar-refractivity contribution is 7.17. The fraction of sp³-hybridized carbons (Fsp3) is 0.263. The van der Waals surface area contributed by atoms with Crippen LogP contribution >= 0.6 is 22.9 Å². The number of anilines is 1. The third kappa shape index (κ3) is 3.40. The van der Waals surface area contributed by atoms with Crippen LogP contribution in [-0.4, -0.2) is 21.2 Å². The smallest absolute Gasteiger partial charge is 0.262 e. The zero-order valence-electron chi connectivity index (χ0n) is 15.3. The van der Waals surface area contributed by atoms with E-state index in [0.29, 0.717) is 27.5 Å². The first-order valence-electron chi connectivity index (χ1n) is 8.36. The molecule has 1 amide bonds. The summed E-state index contributed by atoms with van der Waals surface area (Å²) >= 11 is 7.29. The molecule has 0 aliphatic rings. The predicted octanol–water partition coefficient (Wildman–Crippen LogP) is 4.20. The first-order chi connectivity index (χ1) is 12.7. The number of Topliss-reactive ketones (excluding diaryl/α,β-unsaturated/α-hetero) is 1. The molecule has 0 aliphatic carbocycles. The minimum absolute atomic E-state index is 0.0169. The quantitative estimate of drug-likeness (QED) is 0.662. The first-order valence-corrected chi connectivity index (χ1v) is 9.56. The number of benzene rings is 1. The third-order valence-electron chi connectivity index (χ3n) is 4.35. The molecule has 0 radical (unpaired) electrons. The molecule has 0 fully saturated rings. The maximum atomic E-state index is 12.9. The number of ketones is 1. The molecule has 27 heavy (non-hydrogen) atoms. The highest BCUT2D eigenvalue weighted by atomic mass is 35.5. The van der Waals surface area contributed by atoms with Crippen LogP contribution in [0, 0.1) is 13.8 Å². The number of halogens is 1. The van der Waals surface area contributed by atoms with Gasteiger partial charge in [-0.05, 0) is 38.5 Å². The highest BCUT2D eigenvalue weighted by Gasteiger charge is 2.19. The Bertz CT molecular complexity index is 1150. The van der Waals surface area contributed by atoms with Crippen LogP contribution in [0.3, 0.4) is 0 Å². The number of carbonyl (C=O) groups excluding carboxylic acids is 2. The normalized spacial score (nSPS) is 11.0. The van der Waals surface area contributed by atoms with Gasteiger partial charge in [-0.3, -0.25) is 19.7 Å². The molecule has 0 saturated carbocycles. The van der Waals surface area contributed by atoms with Crippen molar-refractivity contribution in [3.05, 3.63) is 55.3 Å². The molecule has 0 atom stereocenters. The van der Waals surface area contributed by atoms with E-state index >= 15 is 0 Å². The molecule has 6 nitrogen and oxygen atoms in total. The summed E-state index contributed by atoms with van der Waals surface area (Å²) in [6, 6.07) is 3.29. The van der Waals surface area contributed by atoms with E-state index < -0.39 is 5.91 Å². The van der Waals surface area contributed by atoms with Crippen LogP contribution in [0.4, 0.5) is 5.13 Å². The molecule has 1 N–H and O–H groups in total. The van der Waals surface area contributed by atoms with Gasteiger partial charge in [-0.1, -0.05) is 22.9 Å². The van der Waals surface area contributed by atoms with Crippen molar-refractivity contribution in [3.8, 4) is 0 Å². The van der Waals surface area contributed by atoms with Gasteiger partial charge in [-0.25, -0.2) is 4.98 Å². The fourth-order valence-electron chi connectivity index (χ4n) is 3.01. The first kappa shape index (κ1) is 19.3. The van der Waals surface area contributed by atoms with Gasteiger partial charge in [0.1, 0.15) is 5.56 Å². The van der Waals surface area contributed by atoms with Crippen LogP contribution < -0.4 is 10.7 Å². The van der Waals surface area contributed by atoms with Gasteiger partial charge in [-0.2, -0.15) is 0 Å². The average Bonchev–Trinajstić information content (AvgIpc) is 2.98. The molecule has 0 aliphatic heterocycles. The number of rotatable bonds is 4. The van der Waals surface area contributed by atoms with Crippen molar-refractivity contribution in [2.45, 2.75) is 34.2 Å². The summed E-state index contributed by atoms with van der Waals surface area (Å²) in [5, 5.41) is 3.93. The topological polar surface area (TPSA) is 81.1 Å². The van der Waals surface area contributed by atoms with Crippen molar-refractivity contribution in [1.82, 2.24) is 9.55 Å². The molecule has 0 unspecified atom stereocenters. The Morgan fingerprint density at radius 1 is 1.30 bits per heavy atom. The Morgan fingerprint density at radius 3 is 2.59 bits per heavy atom. The number of thiazole rings is 1. The molecule has 0 saturated heterocycles. The van der Waals surface area contributed by atoms with Gasteiger partial charge in [0.15, 0.2) is 10.9 Å². The lowest BCUT2D eigenvalue weighted by atomic mass is 10.1. The number of hydrogen-bond donors (Lipinski definition) is 1. The van der Waals surface area contributed by atoms with Crippen molar-refractivity contribution in [1.29, 1.82) is 0 Å². The summed E-state index contributed by atoms with van der Waals surface area (Å²) in [7, 11) is 0. The maximum absolute atomic E-state index is 12.9. The second-order valence-corrected chi connectivity index (χ2v) is 7.58. The molecule has 0 spiro atoms. The lowest BCUT2D eigenvalue weighted by molar-refractivity contribution is 0.101. The Labute approximate surface area is 164 Å². The number of carbonyl (C=O) groups is 2. The van der Waals surface area contributed by atoms with Crippen LogP contribution in [0.1, 0.15) is 45.1 Å². The van der Waals surface area contributed by atoms with E-state index in [1.807, 2.05) is 18.4 Å². The number of pyridine rings is 1. The molecule has 0 bridgehead atoms. The van der Waals surface area contributed by atoms with Crippen molar-refractivity contribution in [2.75, 3.05) is 5.32 Å². The number of nitrogens with one attached hydrogen (secondary N) is 1. The van der Waals surface area contributed by atoms with Crippen molar-refractivity contribution in [2.24, 2.45) is 0 Å². The summed E-state index contributed by atoms with van der Waals surface area (Å²) < 4.78 is 1.83. The van der Waals surface area contributed by atoms with Gasteiger partial charge in [0.25, 0.3) is 5.91 Å². The summed E-state index contributed by atoms with van der Waals surface area (Å²) in [4.78, 5) is 41.9. The van der Waals surface area contributed by atoms with Crippen LogP contribution in [0.5, 0.6) is 0 Å². The lowest BCUT2D eigenvalue weighted by Gasteiger charge is -2.14. The number of aromatic nitrogens is 2. The van der Waals surface area contributed by atoms with E-state index in [-0.39, 0.29) is 21.9 Å². The predicted molar refractivity (Wildman–Crippen MR) is 108 cm³/mol. The third-order valence-corrected chi connectivity index (χ3v) is 5.93. The molecule has 3 rings (SSSR count). The van der Waals surface area contributed by atoms with Crippen LogP contribution in [0.2, 0.25) is 5.02 Å². The van der Waals surface area contributed by atoms with Gasteiger partial charge in [-0.15, -0.1) is 0 Å². The van der Waals surface area contributed by atoms with E-state index in [9.17, 15) is 14.4 Å². The van der Waals surface area contributed by atoms with Gasteiger partial charge in [0.05, 0.1) is 16.1 Å². The average molecular weight is 404 g/mol. The Balaban J connectivity index is 2.09. The molecule has 2 heterocycles. The second kappa shape index (κ2) is 7.25. The second-order valence-electron chi connectivity index (χ2n) is 6.17. The maximum Gasteiger partial charge on any atom is 0.262 e. The number of nitrogens with zero attached hydrogens (tertiary/aromatic N) is 2. The molecular weight excluding hydrogens is 386 g/mol. The number of aryl methyl sites for hydroxylation is 3. The summed E-state index contributed by atoms with van der Waals surface area (Å²) in [5.74, 6) is -0.669. The standard InChI is InChI=1S/C19H18ClN3O3S/c1-5-23-8-13(16(25)12-6-7-14(20)9(2)15(12)23)18(26)22-19-21-10(3)17(27-19)11(4)24/h6-8H,5H2,1-4H3,(H,21,22,26). The number of fused-ring (bicyclic) bond motifs is 1. The molecule has 140 valence electrons. The van der Waals surface area contributed by atoms with E-state index in [4.69, 9.17) is 11.6 Å². The summed E-state index contributed by atoms with van der Waals surface area (Å²) in [5.41, 5.74) is 1.71. The van der Waals surface area contributed by atoms with Gasteiger partial charge in [0.2, 0.25) is 5.43 Å². The fourth-order valence-corrected chi connectivity index (χ4v) is 4.01. The van der Waals surface area contributed by atoms with Crippen LogP contribution in [0.25, 0.3) is 10.9 Å². The Morgan fingerprint density at radius 2 is 2.00 bits per heavy atom. The Kier molecular flexibility index (Phi) is 5.17. The molecule has 8 heteroatoms. The lowest BCUT2D eigenvalue weighted by Crippen LogP contribution is -2.24. The number of amides is 1. The highest BCUT2D eigenvalue weighted by Crippen LogP contribution is 2.25. The minimum atomic E-state index is -0.555. The molecule has 2 aromatic heterocycles. The summed E-state index contributed by atoms with van der Waals surface area (Å²) in [6.07, 6.45) is 1.54. The number of hydrogen-bond acceptors (Lipinski definition) is 5. The van der Waals surface area contributed by atoms with Gasteiger partial charge < -0.3 is 4.57 Å². The molecule has 1 aromatic carbocycles. The largest absolute Gasteiger partial charge is 0.346 e. The van der Waals surface area contributed by atoms with Crippen molar-refractivity contribution < 1.29 is 9.59 Å². The zero-order valence-corrected chi connectivity index (χ0v) is 16.9. The van der Waals surface area contributed by atoms with E-state index in [1.54, 1.807) is 19.1 Å². The van der Waals surface area contributed by atoms with E-state index in [1.165, 1.54) is 13.1 Å². The van der Waals surface area contributed by atoms with Gasteiger partial charge in [0, 0.05) is 30.1 Å². The SMILES string of the molecule is CCn1cc(C(=O)Nc2nc(C)c(C(C)=O)s2)c(=O)c2ccc(Cl)c(C)c21. The van der Waals surface area contributed by atoms with E-state index in [2.05, 4.69) is 10.3 Å². The summed E-state index contributed by atoms with van der Waals surface area (Å²) in [6.45, 7) is 7.49. The van der Waals surface area contributed by atoms with E-state index in [0.717, 1.165) is 22.4 Å². The van der Waals surface area contributed by atoms with Crippen LogP contribution in [0.15, 0.2) is 23.1 Å². The zero-order chi connectivity index (χ0) is 19.9. The Hall–Kier alpha value is -2.51. The van der Waals surface area contributed by atoms with Crippen molar-refractivity contribution >= 4 is 50.7 Å². The van der Waals surface area contributed by atoms with Gasteiger partial charge >= 0.3 is 0 Å². The minimum Gasteiger partial charge on any atom is -0.346 e.